The second-order valence-corrected chi connectivity index (χ2v) is 4.39. The highest BCUT2D eigenvalue weighted by molar-refractivity contribution is 6.31. The normalized spacial score (nSPS) is 16.8. The van der Waals surface area contributed by atoms with E-state index in [1.165, 1.54) is 0 Å². The summed E-state index contributed by atoms with van der Waals surface area (Å²) in [7, 11) is 1.62. The number of Topliss-reactive ketones (excluding diaryl/α,β-unsaturated/α-hetero) is 1. The molecule has 0 saturated carbocycles. The van der Waals surface area contributed by atoms with Crippen LogP contribution in [-0.2, 0) is 4.79 Å². The van der Waals surface area contributed by atoms with E-state index in [4.69, 9.17) is 16.3 Å². The van der Waals surface area contributed by atoms with Crippen LogP contribution in [-0.4, -0.2) is 39.1 Å². The number of ketones is 1. The third-order valence-electron chi connectivity index (χ3n) is 2.73. The summed E-state index contributed by atoms with van der Waals surface area (Å²) < 4.78 is 5.30. The minimum absolute atomic E-state index is 0.171. The summed E-state index contributed by atoms with van der Waals surface area (Å²) in [4.78, 5) is 13.6. The number of benzene rings is 1. The van der Waals surface area contributed by atoms with Crippen molar-refractivity contribution in [3.63, 3.8) is 0 Å². The van der Waals surface area contributed by atoms with E-state index in [0.29, 0.717) is 18.1 Å². The Labute approximate surface area is 106 Å². The molecule has 1 aliphatic heterocycles. The van der Waals surface area contributed by atoms with E-state index in [1.807, 2.05) is 17.0 Å². The first-order chi connectivity index (χ1) is 8.20. The summed E-state index contributed by atoms with van der Waals surface area (Å²) in [6, 6.07) is 5.43. The van der Waals surface area contributed by atoms with Crippen LogP contribution in [0.3, 0.4) is 0 Å². The Morgan fingerprint density at radius 3 is 3.06 bits per heavy atom. The lowest BCUT2D eigenvalue weighted by Gasteiger charge is -2.23. The second kappa shape index (κ2) is 5.38. The molecule has 0 bridgehead atoms. The zero-order chi connectivity index (χ0) is 12.3. The van der Waals surface area contributed by atoms with Crippen molar-refractivity contribution in [2.45, 2.75) is 0 Å². The molecule has 1 aromatic rings. The topological polar surface area (TPSA) is 41.6 Å². The second-order valence-electron chi connectivity index (χ2n) is 3.95. The van der Waals surface area contributed by atoms with Gasteiger partial charge in [0.25, 0.3) is 0 Å². The van der Waals surface area contributed by atoms with Gasteiger partial charge in [0.05, 0.1) is 25.9 Å². The van der Waals surface area contributed by atoms with E-state index in [9.17, 15) is 4.79 Å². The summed E-state index contributed by atoms with van der Waals surface area (Å²) in [5.74, 6) is 0.911. The summed E-state index contributed by atoms with van der Waals surface area (Å²) in [5, 5.41) is 3.73. The molecule has 0 atom stereocenters. The zero-order valence-electron chi connectivity index (χ0n) is 9.70. The number of carbonyl (C=O) groups is 1. The first kappa shape index (κ1) is 12.2. The Morgan fingerprint density at radius 1 is 1.47 bits per heavy atom. The summed E-state index contributed by atoms with van der Waals surface area (Å²) in [6.45, 7) is 2.37. The molecule has 0 spiro atoms. The van der Waals surface area contributed by atoms with Gasteiger partial charge in [-0.15, -0.1) is 0 Å². The molecule has 0 aliphatic carbocycles. The van der Waals surface area contributed by atoms with Gasteiger partial charge in [-0.05, 0) is 18.2 Å². The third-order valence-corrected chi connectivity index (χ3v) is 2.96. The molecule has 5 heteroatoms. The Morgan fingerprint density at radius 2 is 2.29 bits per heavy atom. The smallest absolute Gasteiger partial charge is 0.165 e. The highest BCUT2D eigenvalue weighted by atomic mass is 35.5. The van der Waals surface area contributed by atoms with E-state index in [2.05, 4.69) is 5.32 Å². The number of ether oxygens (including phenoxy) is 1. The van der Waals surface area contributed by atoms with Gasteiger partial charge in [-0.3, -0.25) is 4.79 Å². The first-order valence-corrected chi connectivity index (χ1v) is 5.89. The van der Waals surface area contributed by atoms with E-state index >= 15 is 0 Å². The van der Waals surface area contributed by atoms with Gasteiger partial charge < -0.3 is 15.0 Å². The van der Waals surface area contributed by atoms with Crippen molar-refractivity contribution in [2.75, 3.05) is 38.2 Å². The average Bonchev–Trinajstić information content (AvgIpc) is 2.54. The van der Waals surface area contributed by atoms with Crippen LogP contribution in [0.15, 0.2) is 18.2 Å². The molecule has 0 amide bonds. The molecule has 0 radical (unpaired) electrons. The van der Waals surface area contributed by atoms with E-state index < -0.39 is 0 Å². The van der Waals surface area contributed by atoms with E-state index in [-0.39, 0.29) is 5.78 Å². The quantitative estimate of drug-likeness (QED) is 0.865. The van der Waals surface area contributed by atoms with Gasteiger partial charge in [-0.25, -0.2) is 0 Å². The predicted molar refractivity (Wildman–Crippen MR) is 68.1 cm³/mol. The lowest BCUT2D eigenvalue weighted by atomic mass is 10.2. The molecule has 2 rings (SSSR count). The summed E-state index contributed by atoms with van der Waals surface area (Å²) >= 11 is 5.99. The molecule has 0 aromatic heterocycles. The van der Waals surface area contributed by atoms with Crippen molar-refractivity contribution in [3.8, 4) is 5.75 Å². The number of carbonyl (C=O) groups excluding carboxylic acids is 1. The lowest BCUT2D eigenvalue weighted by molar-refractivity contribution is -0.116. The number of methoxy groups -OCH3 is 1. The van der Waals surface area contributed by atoms with Gasteiger partial charge in [-0.2, -0.15) is 0 Å². The lowest BCUT2D eigenvalue weighted by Crippen LogP contribution is -2.30. The number of hydrogen-bond donors (Lipinski definition) is 1. The fourth-order valence-electron chi connectivity index (χ4n) is 1.91. The maximum atomic E-state index is 11.6. The molecule has 92 valence electrons. The largest absolute Gasteiger partial charge is 0.495 e. The predicted octanol–water partition coefficient (Wildman–Crippen LogP) is 1.33. The number of nitrogens with one attached hydrogen (secondary N) is 1. The van der Waals surface area contributed by atoms with Crippen LogP contribution in [0, 0.1) is 0 Å². The highest BCUT2D eigenvalue weighted by Gasteiger charge is 2.18. The van der Waals surface area contributed by atoms with Crippen molar-refractivity contribution in [3.05, 3.63) is 23.2 Å². The van der Waals surface area contributed by atoms with Gasteiger partial charge in [0.2, 0.25) is 0 Å². The molecular weight excluding hydrogens is 240 g/mol. The van der Waals surface area contributed by atoms with Crippen molar-refractivity contribution >= 4 is 23.1 Å². The van der Waals surface area contributed by atoms with Crippen LogP contribution >= 0.6 is 11.6 Å². The van der Waals surface area contributed by atoms with Gasteiger partial charge in [-0.1, -0.05) is 11.6 Å². The molecule has 1 aliphatic rings. The molecule has 1 fully saturated rings. The Kier molecular flexibility index (Phi) is 3.86. The standard InChI is InChI=1S/C12H15ClN2O2/c1-17-12-3-2-9(13)6-11(12)15-5-4-14-7-10(16)8-15/h2-3,6,14H,4-5,7-8H2,1H3. The van der Waals surface area contributed by atoms with Crippen molar-refractivity contribution in [1.29, 1.82) is 0 Å². The molecule has 4 nitrogen and oxygen atoms in total. The Balaban J connectivity index is 2.30. The fourth-order valence-corrected chi connectivity index (χ4v) is 2.07. The minimum atomic E-state index is 0.171. The van der Waals surface area contributed by atoms with Crippen LogP contribution in [0.1, 0.15) is 0 Å². The van der Waals surface area contributed by atoms with Crippen LogP contribution in [0.4, 0.5) is 5.69 Å². The number of hydrogen-bond acceptors (Lipinski definition) is 4. The molecule has 17 heavy (non-hydrogen) atoms. The molecule has 1 saturated heterocycles. The van der Waals surface area contributed by atoms with Crippen LogP contribution in [0.2, 0.25) is 5.02 Å². The molecule has 1 heterocycles. The van der Waals surface area contributed by atoms with Gasteiger partial charge in [0.15, 0.2) is 5.78 Å². The van der Waals surface area contributed by atoms with Crippen molar-refractivity contribution in [2.24, 2.45) is 0 Å². The molecular formula is C12H15ClN2O2. The van der Waals surface area contributed by atoms with Gasteiger partial charge in [0, 0.05) is 18.1 Å². The van der Waals surface area contributed by atoms with E-state index in [0.717, 1.165) is 24.5 Å². The third kappa shape index (κ3) is 2.90. The fraction of sp³-hybridized carbons (Fsp3) is 0.417. The number of nitrogens with zero attached hydrogens (tertiary/aromatic N) is 1. The van der Waals surface area contributed by atoms with E-state index in [1.54, 1.807) is 13.2 Å². The maximum Gasteiger partial charge on any atom is 0.165 e. The minimum Gasteiger partial charge on any atom is -0.495 e. The number of halogens is 1. The summed E-state index contributed by atoms with van der Waals surface area (Å²) in [6.07, 6.45) is 0. The molecule has 1 N–H and O–H groups in total. The van der Waals surface area contributed by atoms with Gasteiger partial charge in [0.1, 0.15) is 5.75 Å². The van der Waals surface area contributed by atoms with Crippen molar-refractivity contribution < 1.29 is 9.53 Å². The monoisotopic (exact) mass is 254 g/mol. The first-order valence-electron chi connectivity index (χ1n) is 5.51. The Bertz CT molecular complexity index is 423. The Hall–Kier alpha value is -1.26. The average molecular weight is 255 g/mol. The highest BCUT2D eigenvalue weighted by Crippen LogP contribution is 2.31. The number of anilines is 1. The van der Waals surface area contributed by atoms with Gasteiger partial charge >= 0.3 is 0 Å². The zero-order valence-corrected chi connectivity index (χ0v) is 10.5. The number of rotatable bonds is 2. The maximum absolute atomic E-state index is 11.6. The van der Waals surface area contributed by atoms with Crippen LogP contribution in [0.25, 0.3) is 0 Å². The van der Waals surface area contributed by atoms with Crippen LogP contribution < -0.4 is 15.0 Å². The van der Waals surface area contributed by atoms with Crippen molar-refractivity contribution in [1.82, 2.24) is 5.32 Å². The van der Waals surface area contributed by atoms with Crippen LogP contribution in [0.5, 0.6) is 5.75 Å². The molecule has 1 aromatic carbocycles. The molecule has 0 unspecified atom stereocenters. The summed E-state index contributed by atoms with van der Waals surface area (Å²) in [5.41, 5.74) is 0.872. The SMILES string of the molecule is COc1ccc(Cl)cc1N1CCNCC(=O)C1.